The standard InChI is InChI=1S/C16H20F3N5/c1-3-24-9-12(10(2)23-24)13-8-14(16(17,18)19)22-15(21-13)20-11-6-4-5-7-11/h8-9,11H,3-7H2,1-2H3,(H,20,21,22). The monoisotopic (exact) mass is 339 g/mol. The highest BCUT2D eigenvalue weighted by Gasteiger charge is 2.34. The van der Waals surface area contributed by atoms with Gasteiger partial charge in [0.15, 0.2) is 5.69 Å². The maximum Gasteiger partial charge on any atom is 0.433 e. The van der Waals surface area contributed by atoms with Crippen LogP contribution in [0.2, 0.25) is 0 Å². The van der Waals surface area contributed by atoms with Crippen LogP contribution in [-0.2, 0) is 12.7 Å². The van der Waals surface area contributed by atoms with Crippen molar-refractivity contribution in [3.8, 4) is 11.3 Å². The van der Waals surface area contributed by atoms with Gasteiger partial charge in [-0.2, -0.15) is 18.3 Å². The van der Waals surface area contributed by atoms with Crippen molar-refractivity contribution in [2.75, 3.05) is 5.32 Å². The predicted octanol–water partition coefficient (Wildman–Crippen LogP) is 4.04. The van der Waals surface area contributed by atoms with Crippen molar-refractivity contribution in [2.45, 2.75) is 58.3 Å². The largest absolute Gasteiger partial charge is 0.433 e. The number of anilines is 1. The normalized spacial score (nSPS) is 15.9. The van der Waals surface area contributed by atoms with Crippen molar-refractivity contribution >= 4 is 5.95 Å². The molecule has 0 amide bonds. The fourth-order valence-corrected chi connectivity index (χ4v) is 2.98. The van der Waals surface area contributed by atoms with E-state index < -0.39 is 11.9 Å². The van der Waals surface area contributed by atoms with Crippen molar-refractivity contribution in [3.05, 3.63) is 23.7 Å². The average molecular weight is 339 g/mol. The van der Waals surface area contributed by atoms with E-state index in [9.17, 15) is 13.2 Å². The molecule has 0 unspecified atom stereocenters. The van der Waals surface area contributed by atoms with Crippen LogP contribution in [0, 0.1) is 6.92 Å². The van der Waals surface area contributed by atoms with Gasteiger partial charge in [0.05, 0.1) is 11.4 Å². The third kappa shape index (κ3) is 3.52. The van der Waals surface area contributed by atoms with Gasteiger partial charge in [0.2, 0.25) is 5.95 Å². The van der Waals surface area contributed by atoms with Crippen LogP contribution >= 0.6 is 0 Å². The molecule has 2 aromatic rings. The summed E-state index contributed by atoms with van der Waals surface area (Å²) in [4.78, 5) is 7.99. The smallest absolute Gasteiger partial charge is 0.351 e. The van der Waals surface area contributed by atoms with Crippen molar-refractivity contribution in [2.24, 2.45) is 0 Å². The Morgan fingerprint density at radius 2 is 1.96 bits per heavy atom. The van der Waals surface area contributed by atoms with Crippen molar-refractivity contribution in [3.63, 3.8) is 0 Å². The maximum absolute atomic E-state index is 13.2. The maximum atomic E-state index is 13.2. The second kappa shape index (κ2) is 6.41. The molecule has 1 aliphatic rings. The Balaban J connectivity index is 2.01. The number of nitrogens with zero attached hydrogens (tertiary/aromatic N) is 4. The van der Waals surface area contributed by atoms with Gasteiger partial charge in [0.25, 0.3) is 0 Å². The molecule has 2 heterocycles. The molecule has 2 aromatic heterocycles. The van der Waals surface area contributed by atoms with Crippen LogP contribution in [0.3, 0.4) is 0 Å². The van der Waals surface area contributed by atoms with Gasteiger partial charge in [-0.05, 0) is 32.8 Å². The van der Waals surface area contributed by atoms with Crippen LogP contribution in [0.1, 0.15) is 44.0 Å². The second-order valence-corrected chi connectivity index (χ2v) is 6.07. The van der Waals surface area contributed by atoms with Gasteiger partial charge in [0, 0.05) is 24.3 Å². The summed E-state index contributed by atoms with van der Waals surface area (Å²) in [5.74, 6) is 0.0374. The molecule has 8 heteroatoms. The second-order valence-electron chi connectivity index (χ2n) is 6.07. The lowest BCUT2D eigenvalue weighted by atomic mass is 10.1. The summed E-state index contributed by atoms with van der Waals surface area (Å²) in [6.07, 6.45) is 1.22. The molecule has 0 saturated heterocycles. The molecule has 130 valence electrons. The number of hydrogen-bond acceptors (Lipinski definition) is 4. The zero-order chi connectivity index (χ0) is 17.3. The molecular weight excluding hydrogens is 319 g/mol. The molecule has 1 fully saturated rings. The van der Waals surface area contributed by atoms with Crippen LogP contribution in [-0.4, -0.2) is 25.8 Å². The first-order valence-electron chi connectivity index (χ1n) is 8.14. The number of nitrogens with one attached hydrogen (secondary N) is 1. The highest BCUT2D eigenvalue weighted by atomic mass is 19.4. The van der Waals surface area contributed by atoms with Crippen LogP contribution in [0.4, 0.5) is 19.1 Å². The molecule has 0 spiro atoms. The Labute approximate surface area is 138 Å². The fourth-order valence-electron chi connectivity index (χ4n) is 2.98. The lowest BCUT2D eigenvalue weighted by Crippen LogP contribution is -2.19. The van der Waals surface area contributed by atoms with Gasteiger partial charge in [-0.25, -0.2) is 9.97 Å². The number of rotatable bonds is 4. The van der Waals surface area contributed by atoms with Gasteiger partial charge < -0.3 is 5.32 Å². The third-order valence-electron chi connectivity index (χ3n) is 4.25. The topological polar surface area (TPSA) is 55.6 Å². The Kier molecular flexibility index (Phi) is 4.47. The molecular formula is C16H20F3N5. The highest BCUT2D eigenvalue weighted by Crippen LogP contribution is 2.32. The number of hydrogen-bond donors (Lipinski definition) is 1. The van der Waals surface area contributed by atoms with E-state index in [1.807, 2.05) is 6.92 Å². The Morgan fingerprint density at radius 3 is 2.54 bits per heavy atom. The van der Waals surface area contributed by atoms with Crippen LogP contribution in [0.25, 0.3) is 11.3 Å². The van der Waals surface area contributed by atoms with E-state index in [1.165, 1.54) is 0 Å². The Hall–Kier alpha value is -2.12. The molecule has 5 nitrogen and oxygen atoms in total. The SMILES string of the molecule is CCn1cc(-c2cc(C(F)(F)F)nc(NC3CCCC3)n2)c(C)n1. The van der Waals surface area contributed by atoms with E-state index in [0.29, 0.717) is 17.8 Å². The van der Waals surface area contributed by atoms with Gasteiger partial charge in [-0.1, -0.05) is 12.8 Å². The number of aromatic nitrogens is 4. The summed E-state index contributed by atoms with van der Waals surface area (Å²) >= 11 is 0. The van der Waals surface area contributed by atoms with Gasteiger partial charge in [0.1, 0.15) is 0 Å². The van der Waals surface area contributed by atoms with E-state index in [4.69, 9.17) is 0 Å². The quantitative estimate of drug-likeness (QED) is 0.913. The molecule has 1 N–H and O–H groups in total. The van der Waals surface area contributed by atoms with Gasteiger partial charge in [-0.15, -0.1) is 0 Å². The van der Waals surface area contributed by atoms with Gasteiger partial charge in [-0.3, -0.25) is 4.68 Å². The fraction of sp³-hybridized carbons (Fsp3) is 0.562. The molecule has 0 aliphatic heterocycles. The molecule has 0 aromatic carbocycles. The minimum Gasteiger partial charge on any atom is -0.351 e. The minimum absolute atomic E-state index is 0.0374. The molecule has 0 bridgehead atoms. The van der Waals surface area contributed by atoms with Gasteiger partial charge >= 0.3 is 6.18 Å². The first-order valence-corrected chi connectivity index (χ1v) is 8.14. The van der Waals surface area contributed by atoms with Crippen molar-refractivity contribution in [1.29, 1.82) is 0 Å². The summed E-state index contributed by atoms with van der Waals surface area (Å²) < 4.78 is 41.3. The number of aryl methyl sites for hydroxylation is 2. The number of halogens is 3. The summed E-state index contributed by atoms with van der Waals surface area (Å²) in [5.41, 5.74) is 0.557. The van der Waals surface area contributed by atoms with E-state index in [-0.39, 0.29) is 17.7 Å². The molecule has 1 saturated carbocycles. The lowest BCUT2D eigenvalue weighted by molar-refractivity contribution is -0.141. The molecule has 24 heavy (non-hydrogen) atoms. The summed E-state index contributed by atoms with van der Waals surface area (Å²) in [7, 11) is 0. The molecule has 1 aliphatic carbocycles. The number of alkyl halides is 3. The summed E-state index contributed by atoms with van der Waals surface area (Å²) in [6, 6.07) is 1.13. The first kappa shape index (κ1) is 16.7. The predicted molar refractivity (Wildman–Crippen MR) is 84.5 cm³/mol. The van der Waals surface area contributed by atoms with Crippen LogP contribution < -0.4 is 5.32 Å². The average Bonchev–Trinajstić information content (AvgIpc) is 3.15. The Morgan fingerprint density at radius 1 is 1.25 bits per heavy atom. The van der Waals surface area contributed by atoms with Crippen LogP contribution in [0.5, 0.6) is 0 Å². The lowest BCUT2D eigenvalue weighted by Gasteiger charge is -2.15. The summed E-state index contributed by atoms with van der Waals surface area (Å²) in [5, 5.41) is 7.34. The Bertz CT molecular complexity index is 717. The molecule has 3 rings (SSSR count). The van der Waals surface area contributed by atoms with Crippen molar-refractivity contribution < 1.29 is 13.2 Å². The third-order valence-corrected chi connectivity index (χ3v) is 4.25. The highest BCUT2D eigenvalue weighted by molar-refractivity contribution is 5.62. The van der Waals surface area contributed by atoms with E-state index in [2.05, 4.69) is 20.4 Å². The molecule has 0 atom stereocenters. The minimum atomic E-state index is -4.52. The molecule has 0 radical (unpaired) electrons. The first-order chi connectivity index (χ1) is 11.4. The van der Waals surface area contributed by atoms with Crippen LogP contribution in [0.15, 0.2) is 12.3 Å². The van der Waals surface area contributed by atoms with Crippen molar-refractivity contribution in [1.82, 2.24) is 19.7 Å². The van der Waals surface area contributed by atoms with E-state index in [1.54, 1.807) is 17.8 Å². The van der Waals surface area contributed by atoms with E-state index in [0.717, 1.165) is 31.7 Å². The zero-order valence-corrected chi connectivity index (χ0v) is 13.7. The summed E-state index contributed by atoms with van der Waals surface area (Å²) in [6.45, 7) is 4.33. The van der Waals surface area contributed by atoms with E-state index >= 15 is 0 Å². The zero-order valence-electron chi connectivity index (χ0n) is 13.7.